The second-order valence-corrected chi connectivity index (χ2v) is 12.0. The molecule has 0 bridgehead atoms. The van der Waals surface area contributed by atoms with Crippen LogP contribution in [0.2, 0.25) is 0 Å². The average molecular weight is 616 g/mol. The van der Waals surface area contributed by atoms with Gasteiger partial charge in [-0.3, -0.25) is 14.1 Å². The Morgan fingerprint density at radius 1 is 0.978 bits per heavy atom. The van der Waals surface area contributed by atoms with Crippen LogP contribution in [0.25, 0.3) is 27.9 Å². The molecule has 6 rings (SSSR count). The predicted octanol–water partition coefficient (Wildman–Crippen LogP) is 6.64. The van der Waals surface area contributed by atoms with E-state index in [4.69, 9.17) is 4.98 Å². The molecule has 45 heavy (non-hydrogen) atoms. The number of hydrogen-bond acceptors (Lipinski definition) is 6. The van der Waals surface area contributed by atoms with Gasteiger partial charge in [0.15, 0.2) is 11.5 Å². The van der Waals surface area contributed by atoms with Gasteiger partial charge >= 0.3 is 6.18 Å². The van der Waals surface area contributed by atoms with E-state index in [0.29, 0.717) is 36.0 Å². The Hall–Kier alpha value is -4.48. The Kier molecular flexibility index (Phi) is 8.48. The molecule has 1 aliphatic heterocycles. The van der Waals surface area contributed by atoms with Crippen LogP contribution in [0.4, 0.5) is 24.7 Å². The fraction of sp³-hybridized carbons (Fsp3) is 0.324. The standard InChI is InChI=1S/C34H36F3N7O/c1-22(2)19-38-31-32-39-20-30(44(32)29-7-5-4-6-28(29)41-31)23-8-10-24(11-9-23)33(45)40-26-13-12-25(27(18-26)34(35,36)37)21-43-16-14-42(3)15-17-43/h4-13,18,20,22H,14-17,19,21H2,1-3H3,(H,38,41)(H,40,45). The lowest BCUT2D eigenvalue weighted by Gasteiger charge is -2.33. The van der Waals surface area contributed by atoms with Gasteiger partial charge in [-0.2, -0.15) is 13.2 Å². The minimum Gasteiger partial charge on any atom is -0.367 e. The summed E-state index contributed by atoms with van der Waals surface area (Å²) in [7, 11) is 2.00. The van der Waals surface area contributed by atoms with Crippen LogP contribution in [-0.4, -0.2) is 69.8 Å². The number of fused-ring (bicyclic) bond motifs is 3. The van der Waals surface area contributed by atoms with Crippen LogP contribution in [0.1, 0.15) is 35.3 Å². The third-order valence-electron chi connectivity index (χ3n) is 8.11. The van der Waals surface area contributed by atoms with Crippen molar-refractivity contribution in [3.05, 3.63) is 89.6 Å². The Morgan fingerprint density at radius 3 is 2.42 bits per heavy atom. The Morgan fingerprint density at radius 2 is 1.71 bits per heavy atom. The zero-order valence-corrected chi connectivity index (χ0v) is 25.5. The fourth-order valence-electron chi connectivity index (χ4n) is 5.60. The fourth-order valence-corrected chi connectivity index (χ4v) is 5.60. The van der Waals surface area contributed by atoms with Gasteiger partial charge in [-0.15, -0.1) is 0 Å². The van der Waals surface area contributed by atoms with Gasteiger partial charge in [0.1, 0.15) is 0 Å². The van der Waals surface area contributed by atoms with E-state index in [1.807, 2.05) is 52.7 Å². The van der Waals surface area contributed by atoms with Crippen LogP contribution in [0, 0.1) is 5.92 Å². The highest BCUT2D eigenvalue weighted by molar-refractivity contribution is 6.04. The lowest BCUT2D eigenvalue weighted by atomic mass is 10.0. The molecule has 8 nitrogen and oxygen atoms in total. The summed E-state index contributed by atoms with van der Waals surface area (Å²) in [5.41, 5.74) is 3.97. The minimum atomic E-state index is -4.54. The number of piperazine rings is 1. The molecule has 2 N–H and O–H groups in total. The number of carbonyl (C=O) groups excluding carboxylic acids is 1. The summed E-state index contributed by atoms with van der Waals surface area (Å²) in [6.07, 6.45) is -2.76. The number of carbonyl (C=O) groups is 1. The number of para-hydroxylation sites is 2. The topological polar surface area (TPSA) is 77.8 Å². The van der Waals surface area contributed by atoms with E-state index >= 15 is 0 Å². The Balaban J connectivity index is 1.24. The number of anilines is 2. The molecule has 234 valence electrons. The van der Waals surface area contributed by atoms with Crippen molar-refractivity contribution in [1.29, 1.82) is 0 Å². The first-order valence-electron chi connectivity index (χ1n) is 15.1. The Labute approximate surface area is 259 Å². The zero-order chi connectivity index (χ0) is 31.7. The molecular formula is C34H36F3N7O. The van der Waals surface area contributed by atoms with E-state index in [-0.39, 0.29) is 17.8 Å². The molecule has 3 aromatic carbocycles. The number of aromatic nitrogens is 3. The summed E-state index contributed by atoms with van der Waals surface area (Å²) in [5, 5.41) is 6.06. The molecule has 0 unspecified atom stereocenters. The number of amides is 1. The lowest BCUT2D eigenvalue weighted by molar-refractivity contribution is -0.138. The molecule has 5 aromatic rings. The maximum atomic E-state index is 14.0. The van der Waals surface area contributed by atoms with Crippen molar-refractivity contribution in [3.63, 3.8) is 0 Å². The number of nitrogens with one attached hydrogen (secondary N) is 2. The summed E-state index contributed by atoms with van der Waals surface area (Å²) in [6.45, 7) is 8.26. The molecule has 11 heteroatoms. The summed E-state index contributed by atoms with van der Waals surface area (Å²) in [4.78, 5) is 26.8. The van der Waals surface area contributed by atoms with Crippen molar-refractivity contribution in [2.24, 2.45) is 5.92 Å². The van der Waals surface area contributed by atoms with Crippen LogP contribution in [0.3, 0.4) is 0 Å². The molecule has 1 fully saturated rings. The molecule has 3 heterocycles. The summed E-state index contributed by atoms with van der Waals surface area (Å²) in [6, 6.07) is 18.8. The van der Waals surface area contributed by atoms with Gasteiger partial charge in [-0.25, -0.2) is 9.97 Å². The van der Waals surface area contributed by atoms with Crippen LogP contribution >= 0.6 is 0 Å². The van der Waals surface area contributed by atoms with E-state index in [9.17, 15) is 18.0 Å². The van der Waals surface area contributed by atoms with Crippen molar-refractivity contribution in [2.45, 2.75) is 26.6 Å². The highest BCUT2D eigenvalue weighted by Crippen LogP contribution is 2.35. The number of alkyl halides is 3. The van der Waals surface area contributed by atoms with Gasteiger partial charge in [0.05, 0.1) is 28.5 Å². The molecular weight excluding hydrogens is 579 g/mol. The van der Waals surface area contributed by atoms with Gasteiger partial charge in [0.25, 0.3) is 5.91 Å². The first-order valence-corrected chi connectivity index (χ1v) is 15.1. The summed E-state index contributed by atoms with van der Waals surface area (Å²) >= 11 is 0. The van der Waals surface area contributed by atoms with Gasteiger partial charge < -0.3 is 15.5 Å². The second-order valence-electron chi connectivity index (χ2n) is 12.0. The molecule has 0 radical (unpaired) electrons. The van der Waals surface area contributed by atoms with Gasteiger partial charge in [-0.1, -0.05) is 44.2 Å². The first kappa shape index (κ1) is 30.5. The molecule has 0 aliphatic carbocycles. The number of likely N-dealkylation sites (N-methyl/N-ethyl adjacent to an activating group) is 1. The highest BCUT2D eigenvalue weighted by Gasteiger charge is 2.34. The number of nitrogens with zero attached hydrogens (tertiary/aromatic N) is 5. The van der Waals surface area contributed by atoms with E-state index < -0.39 is 17.6 Å². The van der Waals surface area contributed by atoms with Crippen molar-refractivity contribution < 1.29 is 18.0 Å². The molecule has 1 saturated heterocycles. The summed E-state index contributed by atoms with van der Waals surface area (Å²) < 4.78 is 44.2. The van der Waals surface area contributed by atoms with Crippen molar-refractivity contribution in [2.75, 3.05) is 50.4 Å². The number of benzene rings is 3. The molecule has 0 spiro atoms. The largest absolute Gasteiger partial charge is 0.416 e. The van der Waals surface area contributed by atoms with E-state index in [2.05, 4.69) is 34.4 Å². The predicted molar refractivity (Wildman–Crippen MR) is 171 cm³/mol. The van der Waals surface area contributed by atoms with Gasteiger partial charge in [-0.05, 0) is 54.9 Å². The number of hydrogen-bond donors (Lipinski definition) is 2. The second kappa shape index (κ2) is 12.5. The lowest BCUT2D eigenvalue weighted by Crippen LogP contribution is -2.44. The number of halogens is 3. The van der Waals surface area contributed by atoms with Crippen LogP contribution in [0.5, 0.6) is 0 Å². The van der Waals surface area contributed by atoms with Crippen LogP contribution in [-0.2, 0) is 12.7 Å². The molecule has 1 amide bonds. The molecule has 0 atom stereocenters. The zero-order valence-electron chi connectivity index (χ0n) is 25.5. The molecule has 2 aromatic heterocycles. The van der Waals surface area contributed by atoms with Gasteiger partial charge in [0.2, 0.25) is 0 Å². The van der Waals surface area contributed by atoms with E-state index in [1.165, 1.54) is 12.1 Å². The van der Waals surface area contributed by atoms with E-state index in [0.717, 1.165) is 48.0 Å². The molecule has 1 aliphatic rings. The van der Waals surface area contributed by atoms with Crippen molar-refractivity contribution in [3.8, 4) is 11.3 Å². The van der Waals surface area contributed by atoms with Gasteiger partial charge in [0, 0.05) is 56.1 Å². The Bertz CT molecular complexity index is 1820. The quantitative estimate of drug-likeness (QED) is 0.204. The number of imidazole rings is 1. The van der Waals surface area contributed by atoms with E-state index in [1.54, 1.807) is 18.3 Å². The maximum absolute atomic E-state index is 14.0. The summed E-state index contributed by atoms with van der Waals surface area (Å²) in [5.74, 6) is 0.624. The SMILES string of the molecule is CC(C)CNc1nc2ccccc2n2c(-c3ccc(C(=O)Nc4ccc(CN5CCN(C)CC5)c(C(F)(F)F)c4)cc3)cnc12. The van der Waals surface area contributed by atoms with Crippen LogP contribution < -0.4 is 10.6 Å². The highest BCUT2D eigenvalue weighted by atomic mass is 19.4. The average Bonchev–Trinajstić information content (AvgIpc) is 3.47. The van der Waals surface area contributed by atoms with Crippen molar-refractivity contribution in [1.82, 2.24) is 24.2 Å². The smallest absolute Gasteiger partial charge is 0.367 e. The third kappa shape index (κ3) is 6.64. The van der Waals surface area contributed by atoms with Crippen LogP contribution in [0.15, 0.2) is 72.9 Å². The monoisotopic (exact) mass is 615 g/mol. The van der Waals surface area contributed by atoms with Crippen molar-refractivity contribution >= 4 is 34.1 Å². The minimum absolute atomic E-state index is 0.0979. The number of rotatable bonds is 8. The third-order valence-corrected chi connectivity index (χ3v) is 8.11. The maximum Gasteiger partial charge on any atom is 0.416 e. The normalized spacial score (nSPS) is 14.8. The molecule has 0 saturated carbocycles. The first-order chi connectivity index (χ1) is 21.6.